The molecule has 0 atom stereocenters. The van der Waals surface area contributed by atoms with Crippen LogP contribution in [0.4, 0.5) is 0 Å². The molecular formula is C23H26N6O. The minimum Gasteiger partial charge on any atom is -0.336 e. The topological polar surface area (TPSA) is 74.2 Å². The number of rotatable bonds is 7. The van der Waals surface area contributed by atoms with Crippen molar-refractivity contribution in [2.75, 3.05) is 26.2 Å². The van der Waals surface area contributed by atoms with Crippen molar-refractivity contribution in [1.29, 1.82) is 0 Å². The Morgan fingerprint density at radius 1 is 0.833 bits per heavy atom. The highest BCUT2D eigenvalue weighted by atomic mass is 16.2. The largest absolute Gasteiger partial charge is 0.336 e. The van der Waals surface area contributed by atoms with Crippen molar-refractivity contribution in [3.63, 3.8) is 0 Å². The Morgan fingerprint density at radius 3 is 1.93 bits per heavy atom. The molecule has 4 rings (SSSR count). The standard InChI is InChI=1S/C23H26N6O/c30-23(29-13-11-24-12-14-29)19-7-8-22(27-15-19)18-28(16-20-5-1-3-9-25-20)17-21-6-2-4-10-26-21/h1-10,15,24H,11-14,16-18H2. The molecule has 1 fully saturated rings. The predicted octanol–water partition coefficient (Wildman–Crippen LogP) is 2.12. The zero-order chi connectivity index (χ0) is 20.6. The highest BCUT2D eigenvalue weighted by molar-refractivity contribution is 5.94. The summed E-state index contributed by atoms with van der Waals surface area (Å²) in [5.41, 5.74) is 3.55. The second-order valence-electron chi connectivity index (χ2n) is 7.37. The number of pyridine rings is 3. The third kappa shape index (κ3) is 5.46. The van der Waals surface area contributed by atoms with Crippen LogP contribution in [-0.4, -0.2) is 56.8 Å². The number of amides is 1. The summed E-state index contributed by atoms with van der Waals surface area (Å²) in [7, 11) is 0. The monoisotopic (exact) mass is 402 g/mol. The van der Waals surface area contributed by atoms with Crippen LogP contribution in [0.1, 0.15) is 27.4 Å². The number of nitrogens with zero attached hydrogens (tertiary/aromatic N) is 5. The fourth-order valence-electron chi connectivity index (χ4n) is 3.53. The molecule has 154 valence electrons. The zero-order valence-electron chi connectivity index (χ0n) is 16.9. The first kappa shape index (κ1) is 20.1. The van der Waals surface area contributed by atoms with Crippen molar-refractivity contribution in [2.24, 2.45) is 0 Å². The van der Waals surface area contributed by atoms with E-state index in [1.807, 2.05) is 65.8 Å². The number of carbonyl (C=O) groups is 1. The van der Waals surface area contributed by atoms with Gasteiger partial charge in [-0.3, -0.25) is 24.6 Å². The van der Waals surface area contributed by atoms with Gasteiger partial charge in [0.25, 0.3) is 5.91 Å². The quantitative estimate of drug-likeness (QED) is 0.653. The van der Waals surface area contributed by atoms with E-state index >= 15 is 0 Å². The molecule has 1 aliphatic heterocycles. The summed E-state index contributed by atoms with van der Waals surface area (Å²) >= 11 is 0. The first-order chi connectivity index (χ1) is 14.8. The summed E-state index contributed by atoms with van der Waals surface area (Å²) in [6.07, 6.45) is 5.31. The molecule has 0 aliphatic carbocycles. The van der Waals surface area contributed by atoms with Crippen LogP contribution in [0.25, 0.3) is 0 Å². The van der Waals surface area contributed by atoms with Crippen molar-refractivity contribution in [3.05, 3.63) is 89.8 Å². The Labute approximate surface area is 176 Å². The summed E-state index contributed by atoms with van der Waals surface area (Å²) in [5.74, 6) is 0.0503. The number of piperazine rings is 1. The maximum Gasteiger partial charge on any atom is 0.255 e. The van der Waals surface area contributed by atoms with Gasteiger partial charge < -0.3 is 10.2 Å². The number of nitrogens with one attached hydrogen (secondary N) is 1. The smallest absolute Gasteiger partial charge is 0.255 e. The lowest BCUT2D eigenvalue weighted by atomic mass is 10.2. The van der Waals surface area contributed by atoms with Crippen LogP contribution in [0.3, 0.4) is 0 Å². The normalized spacial score (nSPS) is 14.1. The average Bonchev–Trinajstić information content (AvgIpc) is 2.81. The first-order valence-corrected chi connectivity index (χ1v) is 10.2. The Morgan fingerprint density at radius 2 is 1.43 bits per heavy atom. The fourth-order valence-corrected chi connectivity index (χ4v) is 3.53. The Bertz CT molecular complexity index is 885. The molecule has 3 aromatic rings. The van der Waals surface area contributed by atoms with E-state index in [2.05, 4.69) is 25.2 Å². The summed E-state index contributed by atoms with van der Waals surface area (Å²) in [4.78, 5) is 30.3. The van der Waals surface area contributed by atoms with Crippen LogP contribution < -0.4 is 5.32 Å². The molecule has 1 saturated heterocycles. The van der Waals surface area contributed by atoms with Crippen molar-refractivity contribution in [2.45, 2.75) is 19.6 Å². The van der Waals surface area contributed by atoms with Crippen molar-refractivity contribution in [1.82, 2.24) is 30.1 Å². The van der Waals surface area contributed by atoms with Gasteiger partial charge in [0.1, 0.15) is 0 Å². The summed E-state index contributed by atoms with van der Waals surface area (Å²) < 4.78 is 0. The second-order valence-corrected chi connectivity index (χ2v) is 7.37. The van der Waals surface area contributed by atoms with E-state index in [0.717, 1.165) is 43.3 Å². The van der Waals surface area contributed by atoms with E-state index in [-0.39, 0.29) is 5.91 Å². The maximum atomic E-state index is 12.6. The van der Waals surface area contributed by atoms with Gasteiger partial charge in [-0.05, 0) is 36.4 Å². The molecular weight excluding hydrogens is 376 g/mol. The average molecular weight is 403 g/mol. The minimum absolute atomic E-state index is 0.0503. The van der Waals surface area contributed by atoms with Crippen molar-refractivity contribution >= 4 is 5.91 Å². The van der Waals surface area contributed by atoms with E-state index in [9.17, 15) is 4.79 Å². The molecule has 1 N–H and O–H groups in total. The van der Waals surface area contributed by atoms with Gasteiger partial charge in [0, 0.05) is 64.4 Å². The van der Waals surface area contributed by atoms with Crippen LogP contribution in [0.5, 0.6) is 0 Å². The molecule has 4 heterocycles. The molecule has 30 heavy (non-hydrogen) atoms. The fraction of sp³-hybridized carbons (Fsp3) is 0.304. The Hall–Kier alpha value is -3.16. The van der Waals surface area contributed by atoms with Gasteiger partial charge >= 0.3 is 0 Å². The van der Waals surface area contributed by atoms with Crippen LogP contribution in [0.15, 0.2) is 67.1 Å². The third-order valence-corrected chi connectivity index (χ3v) is 5.09. The van der Waals surface area contributed by atoms with E-state index < -0.39 is 0 Å². The van der Waals surface area contributed by atoms with Gasteiger partial charge in [0.05, 0.1) is 22.6 Å². The first-order valence-electron chi connectivity index (χ1n) is 10.2. The van der Waals surface area contributed by atoms with Gasteiger partial charge in [0.2, 0.25) is 0 Å². The van der Waals surface area contributed by atoms with E-state index in [1.54, 1.807) is 6.20 Å². The highest BCUT2D eigenvalue weighted by Crippen LogP contribution is 2.12. The molecule has 1 aliphatic rings. The number of hydrogen-bond donors (Lipinski definition) is 1. The molecule has 0 saturated carbocycles. The molecule has 0 spiro atoms. The van der Waals surface area contributed by atoms with Gasteiger partial charge in [-0.25, -0.2) is 0 Å². The van der Waals surface area contributed by atoms with E-state index in [1.165, 1.54) is 0 Å². The Kier molecular flexibility index (Phi) is 6.74. The van der Waals surface area contributed by atoms with Gasteiger partial charge in [0.15, 0.2) is 0 Å². The van der Waals surface area contributed by atoms with Gasteiger partial charge in [-0.2, -0.15) is 0 Å². The number of hydrogen-bond acceptors (Lipinski definition) is 6. The SMILES string of the molecule is O=C(c1ccc(CN(Cc2ccccn2)Cc2ccccn2)nc1)N1CCNCC1. The molecule has 0 unspecified atom stereocenters. The molecule has 0 bridgehead atoms. The van der Waals surface area contributed by atoms with Crippen molar-refractivity contribution < 1.29 is 4.79 Å². The lowest BCUT2D eigenvalue weighted by Crippen LogP contribution is -2.46. The summed E-state index contributed by atoms with van der Waals surface area (Å²) in [6.45, 7) is 5.20. The number of carbonyl (C=O) groups excluding carboxylic acids is 1. The Balaban J connectivity index is 1.45. The molecule has 0 radical (unpaired) electrons. The number of aromatic nitrogens is 3. The van der Waals surface area contributed by atoms with Crippen LogP contribution in [-0.2, 0) is 19.6 Å². The van der Waals surface area contributed by atoms with Crippen LogP contribution in [0, 0.1) is 0 Å². The highest BCUT2D eigenvalue weighted by Gasteiger charge is 2.18. The van der Waals surface area contributed by atoms with Gasteiger partial charge in [-0.15, -0.1) is 0 Å². The third-order valence-electron chi connectivity index (χ3n) is 5.09. The molecule has 1 amide bonds. The molecule has 7 heteroatoms. The zero-order valence-corrected chi connectivity index (χ0v) is 16.9. The predicted molar refractivity (Wildman–Crippen MR) is 114 cm³/mol. The summed E-state index contributed by atoms with van der Waals surface area (Å²) in [5, 5.41) is 3.27. The second kappa shape index (κ2) is 10.0. The van der Waals surface area contributed by atoms with Gasteiger partial charge in [-0.1, -0.05) is 12.1 Å². The molecule has 0 aromatic carbocycles. The van der Waals surface area contributed by atoms with E-state index in [0.29, 0.717) is 25.2 Å². The maximum absolute atomic E-state index is 12.6. The molecule has 7 nitrogen and oxygen atoms in total. The summed E-state index contributed by atoms with van der Waals surface area (Å²) in [6, 6.07) is 15.7. The lowest BCUT2D eigenvalue weighted by molar-refractivity contribution is 0.0735. The van der Waals surface area contributed by atoms with Crippen LogP contribution >= 0.6 is 0 Å². The van der Waals surface area contributed by atoms with Crippen LogP contribution in [0.2, 0.25) is 0 Å². The lowest BCUT2D eigenvalue weighted by Gasteiger charge is -2.27. The van der Waals surface area contributed by atoms with E-state index in [4.69, 9.17) is 0 Å². The molecule has 3 aromatic heterocycles. The van der Waals surface area contributed by atoms with Crippen molar-refractivity contribution in [3.8, 4) is 0 Å². The minimum atomic E-state index is 0.0503.